The molecule has 0 amide bonds. The van der Waals surface area contributed by atoms with Gasteiger partial charge in [-0.05, 0) is 37.4 Å². The van der Waals surface area contributed by atoms with E-state index in [4.69, 9.17) is 14.9 Å². The molecule has 0 spiro atoms. The van der Waals surface area contributed by atoms with Crippen LogP contribution in [0.25, 0.3) is 0 Å². The van der Waals surface area contributed by atoms with Crippen molar-refractivity contribution in [2.45, 2.75) is 19.3 Å². The zero-order valence-corrected chi connectivity index (χ0v) is 16.3. The SMILES string of the molecule is Cc1cccc(OC[C@@H]2CNCC[C@H]2c2ccccc2)n1.O=C(O)/C=C/C(=O)O. The van der Waals surface area contributed by atoms with Gasteiger partial charge in [-0.3, -0.25) is 0 Å². The zero-order chi connectivity index (χ0) is 21.1. The molecule has 1 fully saturated rings. The van der Waals surface area contributed by atoms with Gasteiger partial charge in [0.15, 0.2) is 0 Å². The van der Waals surface area contributed by atoms with E-state index in [9.17, 15) is 9.59 Å². The fourth-order valence-corrected chi connectivity index (χ4v) is 3.17. The highest BCUT2D eigenvalue weighted by Gasteiger charge is 2.26. The van der Waals surface area contributed by atoms with Gasteiger partial charge < -0.3 is 20.3 Å². The third-order valence-electron chi connectivity index (χ3n) is 4.51. The Kier molecular flexibility index (Phi) is 8.85. The van der Waals surface area contributed by atoms with E-state index in [-0.39, 0.29) is 0 Å². The van der Waals surface area contributed by atoms with Crippen LogP contribution in [0, 0.1) is 12.8 Å². The second kappa shape index (κ2) is 11.6. The summed E-state index contributed by atoms with van der Waals surface area (Å²) in [5, 5.41) is 19.1. The largest absolute Gasteiger partial charge is 0.478 e. The van der Waals surface area contributed by atoms with Gasteiger partial charge in [-0.15, -0.1) is 0 Å². The van der Waals surface area contributed by atoms with E-state index in [0.29, 0.717) is 30.6 Å². The molecule has 7 heteroatoms. The Morgan fingerprint density at radius 3 is 2.41 bits per heavy atom. The topological polar surface area (TPSA) is 109 Å². The number of aryl methyl sites for hydroxylation is 1. The normalized spacial score (nSPS) is 18.5. The van der Waals surface area contributed by atoms with Crippen molar-refractivity contribution in [3.8, 4) is 5.88 Å². The summed E-state index contributed by atoms with van der Waals surface area (Å²) in [6, 6.07) is 16.7. The summed E-state index contributed by atoms with van der Waals surface area (Å²) >= 11 is 0. The first-order chi connectivity index (χ1) is 14.0. The lowest BCUT2D eigenvalue weighted by Crippen LogP contribution is -2.38. The average molecular weight is 398 g/mol. The molecule has 1 aromatic heterocycles. The van der Waals surface area contributed by atoms with Crippen molar-refractivity contribution in [2.75, 3.05) is 19.7 Å². The number of carboxylic acids is 2. The van der Waals surface area contributed by atoms with E-state index >= 15 is 0 Å². The fourth-order valence-electron chi connectivity index (χ4n) is 3.17. The van der Waals surface area contributed by atoms with Gasteiger partial charge in [0.2, 0.25) is 5.88 Å². The zero-order valence-electron chi connectivity index (χ0n) is 16.3. The number of hydrogen-bond acceptors (Lipinski definition) is 5. The van der Waals surface area contributed by atoms with Crippen molar-refractivity contribution in [1.29, 1.82) is 0 Å². The number of piperidine rings is 1. The van der Waals surface area contributed by atoms with Crippen LogP contribution in [0.2, 0.25) is 0 Å². The van der Waals surface area contributed by atoms with Gasteiger partial charge in [0.25, 0.3) is 0 Å². The van der Waals surface area contributed by atoms with E-state index in [1.807, 2.05) is 25.1 Å². The van der Waals surface area contributed by atoms with Crippen LogP contribution in [0.4, 0.5) is 0 Å². The number of rotatable bonds is 6. The van der Waals surface area contributed by atoms with Crippen LogP contribution in [-0.4, -0.2) is 46.8 Å². The maximum atomic E-state index is 9.55. The lowest BCUT2D eigenvalue weighted by molar-refractivity contribution is -0.134. The highest BCUT2D eigenvalue weighted by atomic mass is 16.5. The second-order valence-corrected chi connectivity index (χ2v) is 6.71. The Morgan fingerprint density at radius 1 is 1.10 bits per heavy atom. The van der Waals surface area contributed by atoms with Crippen LogP contribution in [0.5, 0.6) is 5.88 Å². The van der Waals surface area contributed by atoms with Crippen LogP contribution in [0.15, 0.2) is 60.7 Å². The molecule has 1 aliphatic rings. The van der Waals surface area contributed by atoms with E-state index in [0.717, 1.165) is 24.7 Å². The van der Waals surface area contributed by atoms with Crippen molar-refractivity contribution in [1.82, 2.24) is 10.3 Å². The van der Waals surface area contributed by atoms with Gasteiger partial charge in [-0.25, -0.2) is 14.6 Å². The molecule has 0 bridgehead atoms. The van der Waals surface area contributed by atoms with Crippen LogP contribution in [-0.2, 0) is 9.59 Å². The van der Waals surface area contributed by atoms with E-state index in [1.54, 1.807) is 0 Å². The lowest BCUT2D eigenvalue weighted by atomic mass is 9.81. The van der Waals surface area contributed by atoms with Crippen molar-refractivity contribution in [2.24, 2.45) is 5.92 Å². The smallest absolute Gasteiger partial charge is 0.328 e. The number of hydrogen-bond donors (Lipinski definition) is 3. The first kappa shape index (κ1) is 22.1. The van der Waals surface area contributed by atoms with Gasteiger partial charge in [-0.1, -0.05) is 36.4 Å². The summed E-state index contributed by atoms with van der Waals surface area (Å²) in [6.07, 6.45) is 2.28. The summed E-state index contributed by atoms with van der Waals surface area (Å²) in [7, 11) is 0. The monoisotopic (exact) mass is 398 g/mol. The summed E-state index contributed by atoms with van der Waals surface area (Å²) in [5.41, 5.74) is 2.42. The number of carboxylic acid groups (broad SMARTS) is 2. The van der Waals surface area contributed by atoms with Gasteiger partial charge in [0.05, 0.1) is 6.61 Å². The third-order valence-corrected chi connectivity index (χ3v) is 4.51. The maximum absolute atomic E-state index is 9.55. The Balaban J connectivity index is 0.000000321. The molecular formula is C22H26N2O5. The van der Waals surface area contributed by atoms with Gasteiger partial charge in [0, 0.05) is 36.4 Å². The predicted octanol–water partition coefficient (Wildman–Crippen LogP) is 2.87. The first-order valence-corrected chi connectivity index (χ1v) is 9.41. The molecule has 154 valence electrons. The minimum atomic E-state index is -1.26. The second-order valence-electron chi connectivity index (χ2n) is 6.71. The number of benzene rings is 1. The number of pyridine rings is 1. The van der Waals surface area contributed by atoms with Crippen LogP contribution >= 0.6 is 0 Å². The molecule has 0 unspecified atom stereocenters. The van der Waals surface area contributed by atoms with Crippen molar-refractivity contribution < 1.29 is 24.5 Å². The quantitative estimate of drug-likeness (QED) is 0.642. The maximum Gasteiger partial charge on any atom is 0.328 e. The lowest BCUT2D eigenvalue weighted by Gasteiger charge is -2.32. The Hall–Kier alpha value is -3.19. The molecule has 29 heavy (non-hydrogen) atoms. The summed E-state index contributed by atoms with van der Waals surface area (Å²) in [4.78, 5) is 23.5. The predicted molar refractivity (Wildman–Crippen MR) is 109 cm³/mol. The molecule has 3 rings (SSSR count). The molecule has 2 atom stereocenters. The van der Waals surface area contributed by atoms with Crippen LogP contribution < -0.4 is 10.1 Å². The summed E-state index contributed by atoms with van der Waals surface area (Å²) in [5.74, 6) is -0.729. The molecule has 1 aliphatic heterocycles. The van der Waals surface area contributed by atoms with Crippen LogP contribution in [0.3, 0.4) is 0 Å². The first-order valence-electron chi connectivity index (χ1n) is 9.41. The molecular weight excluding hydrogens is 372 g/mol. The average Bonchev–Trinajstić information content (AvgIpc) is 2.72. The molecule has 3 N–H and O–H groups in total. The Morgan fingerprint density at radius 2 is 1.79 bits per heavy atom. The number of carbonyl (C=O) groups is 2. The third kappa shape index (κ3) is 8.15. The molecule has 1 saturated heterocycles. The van der Waals surface area contributed by atoms with Gasteiger partial charge >= 0.3 is 11.9 Å². The van der Waals surface area contributed by atoms with Crippen LogP contribution in [0.1, 0.15) is 23.6 Å². The highest BCUT2D eigenvalue weighted by Crippen LogP contribution is 2.30. The standard InChI is InChI=1S/C18H22N2O.C4H4O4/c1-14-6-5-9-18(20-14)21-13-16-12-19-11-10-17(16)15-7-3-2-4-8-15;5-3(6)1-2-4(7)8/h2-9,16-17,19H,10-13H2,1H3;1-2H,(H,5,6)(H,7,8)/b;2-1+/t16-,17-;/m0./s1. The minimum absolute atomic E-state index is 0.489. The fraction of sp³-hybridized carbons (Fsp3) is 0.318. The highest BCUT2D eigenvalue weighted by molar-refractivity contribution is 5.89. The number of ether oxygens (including phenoxy) is 1. The van der Waals surface area contributed by atoms with E-state index in [1.165, 1.54) is 12.0 Å². The number of aromatic nitrogens is 1. The summed E-state index contributed by atoms with van der Waals surface area (Å²) < 4.78 is 5.93. The Labute approximate surface area is 170 Å². The van der Waals surface area contributed by atoms with Gasteiger partial charge in [-0.2, -0.15) is 0 Å². The molecule has 1 aromatic carbocycles. The molecule has 2 aromatic rings. The number of nitrogens with one attached hydrogen (secondary N) is 1. The molecule has 2 heterocycles. The number of nitrogens with zero attached hydrogens (tertiary/aromatic N) is 1. The van der Waals surface area contributed by atoms with Crippen molar-refractivity contribution >= 4 is 11.9 Å². The van der Waals surface area contributed by atoms with Crippen molar-refractivity contribution in [3.63, 3.8) is 0 Å². The Bertz CT molecular complexity index is 807. The van der Waals surface area contributed by atoms with E-state index < -0.39 is 11.9 Å². The molecule has 0 aliphatic carbocycles. The van der Waals surface area contributed by atoms with E-state index in [2.05, 4.69) is 40.6 Å². The number of aliphatic carboxylic acids is 2. The van der Waals surface area contributed by atoms with Gasteiger partial charge in [0.1, 0.15) is 0 Å². The molecule has 0 saturated carbocycles. The summed E-state index contributed by atoms with van der Waals surface area (Å²) in [6.45, 7) is 4.79. The minimum Gasteiger partial charge on any atom is -0.478 e. The molecule has 0 radical (unpaired) electrons. The van der Waals surface area contributed by atoms with Crippen molar-refractivity contribution in [3.05, 3.63) is 71.9 Å². The molecule has 7 nitrogen and oxygen atoms in total.